The SMILES string of the molecule is C#Cc1c(F)ccc2cccc(-c3nc4c5c(nc(OCC67CCCN6CCC7)nc5c3F)N3CCNC[C@H]3CCC4)c12. The largest absolute Gasteiger partial charge is 0.461 e. The van der Waals surface area contributed by atoms with Crippen molar-refractivity contribution in [2.75, 3.05) is 44.2 Å². The molecule has 0 bridgehead atoms. The zero-order chi connectivity index (χ0) is 29.1. The van der Waals surface area contributed by atoms with Gasteiger partial charge in [-0.3, -0.25) is 4.90 Å². The summed E-state index contributed by atoms with van der Waals surface area (Å²) >= 11 is 0. The Morgan fingerprint density at radius 3 is 2.72 bits per heavy atom. The lowest BCUT2D eigenvalue weighted by Crippen LogP contribution is -2.52. The maximum absolute atomic E-state index is 16.9. The van der Waals surface area contributed by atoms with Gasteiger partial charge in [0.1, 0.15) is 29.5 Å². The van der Waals surface area contributed by atoms with Gasteiger partial charge in [-0.25, -0.2) is 13.8 Å². The molecule has 4 aliphatic rings. The van der Waals surface area contributed by atoms with Crippen molar-refractivity contribution < 1.29 is 13.5 Å². The molecule has 0 saturated carbocycles. The number of aryl methyl sites for hydroxylation is 1. The molecule has 0 aliphatic carbocycles. The minimum absolute atomic E-state index is 0.00720. The van der Waals surface area contributed by atoms with E-state index >= 15 is 4.39 Å². The molecule has 1 N–H and O–H groups in total. The quantitative estimate of drug-likeness (QED) is 0.332. The molecule has 7 nitrogen and oxygen atoms in total. The first kappa shape index (κ1) is 26.7. The smallest absolute Gasteiger partial charge is 0.319 e. The standard InChI is InChI=1S/C34H34F2N6O/c1-2-23-25(35)12-11-21-7-3-9-24(27(21)23)30-29(36)31-28-26(38-30)10-4-8-22-19-37-15-18-42(22)32(28)40-33(39-31)43-20-34-13-5-16-41(34)17-6-14-34/h1,3,7,9,11-12,22,37H,4-6,8,10,13-20H2/t22-/m1/s1. The zero-order valence-corrected chi connectivity index (χ0v) is 24.1. The number of benzene rings is 2. The van der Waals surface area contributed by atoms with Crippen LogP contribution in [0.4, 0.5) is 14.6 Å². The number of fused-ring (bicyclic) bond motifs is 4. The van der Waals surface area contributed by atoms with E-state index in [9.17, 15) is 4.39 Å². The molecular weight excluding hydrogens is 546 g/mol. The number of rotatable bonds is 4. The number of hydrogen-bond donors (Lipinski definition) is 1. The van der Waals surface area contributed by atoms with Gasteiger partial charge in [0, 0.05) is 36.6 Å². The van der Waals surface area contributed by atoms with Crippen LogP contribution < -0.4 is 15.0 Å². The van der Waals surface area contributed by atoms with E-state index in [-0.39, 0.29) is 34.4 Å². The molecule has 4 aliphatic heterocycles. The highest BCUT2D eigenvalue weighted by Crippen LogP contribution is 2.42. The molecule has 4 aromatic rings. The van der Waals surface area contributed by atoms with Crippen LogP contribution in [-0.2, 0) is 6.42 Å². The third-order valence-electron chi connectivity index (χ3n) is 10.1. The number of nitrogens with zero attached hydrogens (tertiary/aromatic N) is 5. The number of ether oxygens (including phenoxy) is 1. The Morgan fingerprint density at radius 1 is 1.02 bits per heavy atom. The molecule has 2 aromatic heterocycles. The average molecular weight is 581 g/mol. The lowest BCUT2D eigenvalue weighted by atomic mass is 9.94. The van der Waals surface area contributed by atoms with Gasteiger partial charge in [0.15, 0.2) is 5.82 Å². The number of terminal acetylenes is 1. The van der Waals surface area contributed by atoms with Crippen molar-refractivity contribution in [3.63, 3.8) is 0 Å². The fourth-order valence-corrected chi connectivity index (χ4v) is 7.99. The second kappa shape index (κ2) is 10.4. The van der Waals surface area contributed by atoms with Gasteiger partial charge in [-0.2, -0.15) is 9.97 Å². The Kier molecular flexibility index (Phi) is 6.46. The summed E-state index contributed by atoms with van der Waals surface area (Å²) in [7, 11) is 0. The van der Waals surface area contributed by atoms with E-state index in [4.69, 9.17) is 26.1 Å². The first-order valence-corrected chi connectivity index (χ1v) is 15.5. The van der Waals surface area contributed by atoms with Crippen molar-refractivity contribution in [3.05, 3.63) is 53.2 Å². The molecule has 0 amide bonds. The fourth-order valence-electron chi connectivity index (χ4n) is 7.99. The number of piperazine rings is 1. The summed E-state index contributed by atoms with van der Waals surface area (Å²) in [5.41, 5.74) is 1.63. The highest BCUT2D eigenvalue weighted by atomic mass is 19.1. The van der Waals surface area contributed by atoms with Crippen LogP contribution in [0, 0.1) is 24.0 Å². The van der Waals surface area contributed by atoms with Crippen LogP contribution in [0.2, 0.25) is 0 Å². The van der Waals surface area contributed by atoms with Gasteiger partial charge in [-0.05, 0) is 69.5 Å². The second-order valence-electron chi connectivity index (χ2n) is 12.4. The highest BCUT2D eigenvalue weighted by molar-refractivity contribution is 6.02. The van der Waals surface area contributed by atoms with Gasteiger partial charge in [-0.15, -0.1) is 6.42 Å². The summed E-state index contributed by atoms with van der Waals surface area (Å²) in [6.07, 6.45) is 12.8. The molecule has 220 valence electrons. The Hall–Kier alpha value is -3.87. The fraction of sp³-hybridized carbons (Fsp3) is 0.441. The van der Waals surface area contributed by atoms with Crippen molar-refractivity contribution in [1.82, 2.24) is 25.2 Å². The normalized spacial score (nSPS) is 21.3. The maximum Gasteiger partial charge on any atom is 0.319 e. The highest BCUT2D eigenvalue weighted by Gasteiger charge is 2.45. The lowest BCUT2D eigenvalue weighted by molar-refractivity contribution is 0.108. The van der Waals surface area contributed by atoms with Gasteiger partial charge in [0.25, 0.3) is 0 Å². The minimum atomic E-state index is -0.569. The van der Waals surface area contributed by atoms with Crippen LogP contribution in [0.5, 0.6) is 6.01 Å². The van der Waals surface area contributed by atoms with E-state index in [0.29, 0.717) is 35.2 Å². The molecule has 0 radical (unpaired) electrons. The molecule has 3 fully saturated rings. The van der Waals surface area contributed by atoms with Crippen molar-refractivity contribution in [3.8, 4) is 29.6 Å². The maximum atomic E-state index is 16.9. The van der Waals surface area contributed by atoms with Crippen LogP contribution in [0.3, 0.4) is 0 Å². The summed E-state index contributed by atoms with van der Waals surface area (Å²) in [5.74, 6) is 2.09. The molecule has 0 spiro atoms. The molecule has 3 saturated heterocycles. The Bertz CT molecular complexity index is 1790. The molecule has 43 heavy (non-hydrogen) atoms. The molecular formula is C34H34F2N6O. The van der Waals surface area contributed by atoms with Crippen molar-refractivity contribution in [1.29, 1.82) is 0 Å². The van der Waals surface area contributed by atoms with Crippen molar-refractivity contribution in [2.45, 2.75) is 56.5 Å². The van der Waals surface area contributed by atoms with Crippen molar-refractivity contribution >= 4 is 27.5 Å². The van der Waals surface area contributed by atoms with Crippen LogP contribution in [0.15, 0.2) is 30.3 Å². The van der Waals surface area contributed by atoms with E-state index in [0.717, 1.165) is 82.3 Å². The van der Waals surface area contributed by atoms with E-state index in [1.165, 1.54) is 6.07 Å². The van der Waals surface area contributed by atoms with Gasteiger partial charge < -0.3 is 15.0 Å². The number of pyridine rings is 1. The first-order chi connectivity index (χ1) is 21.1. The Morgan fingerprint density at radius 2 is 1.88 bits per heavy atom. The summed E-state index contributed by atoms with van der Waals surface area (Å²) < 4.78 is 38.2. The first-order valence-electron chi connectivity index (χ1n) is 15.5. The Balaban J connectivity index is 1.34. The predicted octanol–water partition coefficient (Wildman–Crippen LogP) is 5.23. The molecule has 8 rings (SSSR count). The minimum Gasteiger partial charge on any atom is -0.461 e. The predicted molar refractivity (Wildman–Crippen MR) is 163 cm³/mol. The zero-order valence-electron chi connectivity index (χ0n) is 24.1. The van der Waals surface area contributed by atoms with E-state index in [1.54, 1.807) is 12.1 Å². The molecule has 2 aromatic carbocycles. The van der Waals surface area contributed by atoms with Gasteiger partial charge >= 0.3 is 6.01 Å². The van der Waals surface area contributed by atoms with Gasteiger partial charge in [-0.1, -0.05) is 30.2 Å². The van der Waals surface area contributed by atoms with Crippen LogP contribution in [0.1, 0.15) is 49.8 Å². The summed E-state index contributed by atoms with van der Waals surface area (Å²) in [6, 6.07) is 8.89. The summed E-state index contributed by atoms with van der Waals surface area (Å²) in [4.78, 5) is 19.5. The second-order valence-corrected chi connectivity index (χ2v) is 12.4. The van der Waals surface area contributed by atoms with Gasteiger partial charge in [0.05, 0.1) is 22.2 Å². The summed E-state index contributed by atoms with van der Waals surface area (Å²) in [5, 5.41) is 5.35. The third-order valence-corrected chi connectivity index (χ3v) is 10.1. The monoisotopic (exact) mass is 580 g/mol. The van der Waals surface area contributed by atoms with Crippen molar-refractivity contribution in [2.24, 2.45) is 0 Å². The Labute approximate surface area is 249 Å². The molecule has 0 unspecified atom stereocenters. The van der Waals surface area contributed by atoms with Crippen LogP contribution >= 0.6 is 0 Å². The van der Waals surface area contributed by atoms with Gasteiger partial charge in [0.2, 0.25) is 0 Å². The number of halogens is 2. The molecule has 6 heterocycles. The summed E-state index contributed by atoms with van der Waals surface area (Å²) in [6.45, 7) is 5.09. The lowest BCUT2D eigenvalue weighted by Gasteiger charge is -2.39. The number of anilines is 1. The molecule has 1 atom stereocenters. The van der Waals surface area contributed by atoms with Crippen LogP contribution in [0.25, 0.3) is 32.9 Å². The third kappa shape index (κ3) is 4.26. The number of aromatic nitrogens is 3. The van der Waals surface area contributed by atoms with E-state index < -0.39 is 11.6 Å². The molecule has 9 heteroatoms. The number of nitrogens with one attached hydrogen (secondary N) is 1. The van der Waals surface area contributed by atoms with Crippen LogP contribution in [-0.4, -0.2) is 70.8 Å². The average Bonchev–Trinajstić information content (AvgIpc) is 3.61. The van der Waals surface area contributed by atoms with E-state index in [1.807, 2.05) is 12.1 Å². The number of hydrogen-bond acceptors (Lipinski definition) is 7. The van der Waals surface area contributed by atoms with E-state index in [2.05, 4.69) is 21.0 Å². The topological polar surface area (TPSA) is 66.4 Å².